The van der Waals surface area contributed by atoms with Crippen LogP contribution in [0.5, 0.6) is 0 Å². The highest BCUT2D eigenvalue weighted by atomic mass is 15.2. The Balaban J connectivity index is 2.09. The van der Waals surface area contributed by atoms with Crippen LogP contribution in [0.2, 0.25) is 0 Å². The molecule has 0 radical (unpaired) electrons. The Hall–Kier alpha value is -1.42. The van der Waals surface area contributed by atoms with Gasteiger partial charge in [0.2, 0.25) is 0 Å². The summed E-state index contributed by atoms with van der Waals surface area (Å²) in [5.41, 5.74) is 2.01. The number of nitrogens with zero attached hydrogens (tertiary/aromatic N) is 3. The average molecular weight is 258 g/mol. The molecule has 2 aromatic heterocycles. The first-order valence-corrected chi connectivity index (χ1v) is 7.23. The summed E-state index contributed by atoms with van der Waals surface area (Å²) in [6.45, 7) is 7.81. The van der Waals surface area contributed by atoms with E-state index < -0.39 is 0 Å². The smallest absolute Gasteiger partial charge is 0.160 e. The van der Waals surface area contributed by atoms with Gasteiger partial charge >= 0.3 is 0 Å². The summed E-state index contributed by atoms with van der Waals surface area (Å²) in [5, 5.41) is 3.61. The molecule has 3 heterocycles. The van der Waals surface area contributed by atoms with E-state index in [-0.39, 0.29) is 0 Å². The average Bonchev–Trinajstić information content (AvgIpc) is 2.78. The third-order valence-corrected chi connectivity index (χ3v) is 3.97. The lowest BCUT2D eigenvalue weighted by molar-refractivity contribution is 0.307. The Morgan fingerprint density at radius 2 is 2.26 bits per heavy atom. The molecule has 0 aliphatic carbocycles. The van der Waals surface area contributed by atoms with E-state index in [1.54, 1.807) is 0 Å². The number of hydrogen-bond acceptors (Lipinski definition) is 3. The Kier molecular flexibility index (Phi) is 3.27. The Morgan fingerprint density at radius 3 is 3.00 bits per heavy atom. The summed E-state index contributed by atoms with van der Waals surface area (Å²) < 4.78 is 2.28. The van der Waals surface area contributed by atoms with Gasteiger partial charge < -0.3 is 9.88 Å². The van der Waals surface area contributed by atoms with Crippen molar-refractivity contribution >= 4 is 11.2 Å². The molecule has 0 spiro atoms. The van der Waals surface area contributed by atoms with Gasteiger partial charge in [0.1, 0.15) is 11.3 Å². The lowest BCUT2D eigenvalue weighted by Gasteiger charge is -2.28. The number of aromatic nitrogens is 3. The van der Waals surface area contributed by atoms with Gasteiger partial charge in [-0.1, -0.05) is 6.92 Å². The zero-order valence-electron chi connectivity index (χ0n) is 11.9. The topological polar surface area (TPSA) is 42.7 Å². The number of piperidine rings is 1. The van der Waals surface area contributed by atoms with E-state index in [0.717, 1.165) is 35.9 Å². The Morgan fingerprint density at radius 1 is 1.42 bits per heavy atom. The predicted molar refractivity (Wildman–Crippen MR) is 77.1 cm³/mol. The van der Waals surface area contributed by atoms with Crippen LogP contribution in [0.4, 0.5) is 0 Å². The van der Waals surface area contributed by atoms with E-state index in [2.05, 4.69) is 41.7 Å². The fraction of sp³-hybridized carbons (Fsp3) is 0.600. The van der Waals surface area contributed by atoms with Gasteiger partial charge in [0, 0.05) is 12.2 Å². The van der Waals surface area contributed by atoms with Crippen molar-refractivity contribution in [1.82, 2.24) is 19.9 Å². The second kappa shape index (κ2) is 4.93. The number of rotatable bonds is 2. The van der Waals surface area contributed by atoms with Crippen molar-refractivity contribution in [3.63, 3.8) is 0 Å². The molecule has 3 rings (SSSR count). The molecule has 1 fully saturated rings. The summed E-state index contributed by atoms with van der Waals surface area (Å²) in [4.78, 5) is 9.34. The highest BCUT2D eigenvalue weighted by molar-refractivity contribution is 5.71. The highest BCUT2D eigenvalue weighted by Crippen LogP contribution is 2.30. The van der Waals surface area contributed by atoms with Crippen molar-refractivity contribution in [2.24, 2.45) is 5.92 Å². The SMILES string of the molecule is CC1CCNC(c2nc3cccnc3n2C(C)C)C1. The first kappa shape index (κ1) is 12.6. The molecule has 19 heavy (non-hydrogen) atoms. The molecule has 4 nitrogen and oxygen atoms in total. The van der Waals surface area contributed by atoms with Gasteiger partial charge in [-0.3, -0.25) is 0 Å². The first-order valence-electron chi connectivity index (χ1n) is 7.23. The molecule has 2 aromatic rings. The van der Waals surface area contributed by atoms with Gasteiger partial charge in [0.25, 0.3) is 0 Å². The molecule has 1 aliphatic rings. The van der Waals surface area contributed by atoms with Crippen LogP contribution in [0.3, 0.4) is 0 Å². The fourth-order valence-electron chi connectivity index (χ4n) is 3.01. The quantitative estimate of drug-likeness (QED) is 0.900. The maximum Gasteiger partial charge on any atom is 0.160 e. The minimum atomic E-state index is 0.361. The van der Waals surface area contributed by atoms with Crippen molar-refractivity contribution in [3.8, 4) is 0 Å². The molecule has 1 N–H and O–H groups in total. The molecule has 0 bridgehead atoms. The van der Waals surface area contributed by atoms with Crippen LogP contribution in [0.1, 0.15) is 51.5 Å². The molecule has 0 saturated carbocycles. The summed E-state index contributed by atoms with van der Waals surface area (Å²) in [6.07, 6.45) is 4.27. The van der Waals surface area contributed by atoms with Crippen LogP contribution >= 0.6 is 0 Å². The Labute approximate surface area is 114 Å². The minimum absolute atomic E-state index is 0.361. The standard InChI is InChI=1S/C15H22N4/c1-10(2)19-14-12(5-4-7-17-14)18-15(19)13-9-11(3)6-8-16-13/h4-5,7,10-11,13,16H,6,8-9H2,1-3H3. The van der Waals surface area contributed by atoms with Gasteiger partial charge in [0.05, 0.1) is 6.04 Å². The van der Waals surface area contributed by atoms with Crippen LogP contribution in [-0.2, 0) is 0 Å². The monoisotopic (exact) mass is 258 g/mol. The third kappa shape index (κ3) is 2.25. The van der Waals surface area contributed by atoms with E-state index in [0.29, 0.717) is 12.1 Å². The van der Waals surface area contributed by atoms with Gasteiger partial charge in [-0.15, -0.1) is 0 Å². The van der Waals surface area contributed by atoms with Gasteiger partial charge in [0.15, 0.2) is 5.65 Å². The molecule has 2 atom stereocenters. The van der Waals surface area contributed by atoms with Crippen molar-refractivity contribution in [2.75, 3.05) is 6.54 Å². The van der Waals surface area contributed by atoms with Crippen LogP contribution in [0.15, 0.2) is 18.3 Å². The van der Waals surface area contributed by atoms with E-state index in [1.807, 2.05) is 12.3 Å². The molecule has 102 valence electrons. The third-order valence-electron chi connectivity index (χ3n) is 3.97. The lowest BCUT2D eigenvalue weighted by atomic mass is 9.94. The van der Waals surface area contributed by atoms with Crippen LogP contribution in [0.25, 0.3) is 11.2 Å². The minimum Gasteiger partial charge on any atom is -0.309 e. The summed E-state index contributed by atoms with van der Waals surface area (Å²) in [7, 11) is 0. The van der Waals surface area contributed by atoms with E-state index in [1.165, 1.54) is 6.42 Å². The lowest BCUT2D eigenvalue weighted by Crippen LogP contribution is -2.33. The number of pyridine rings is 1. The largest absolute Gasteiger partial charge is 0.309 e. The van der Waals surface area contributed by atoms with E-state index in [9.17, 15) is 0 Å². The molecule has 0 amide bonds. The maximum absolute atomic E-state index is 4.83. The number of imidazole rings is 1. The second-order valence-corrected chi connectivity index (χ2v) is 5.92. The van der Waals surface area contributed by atoms with E-state index in [4.69, 9.17) is 4.98 Å². The van der Waals surface area contributed by atoms with Crippen molar-refractivity contribution in [3.05, 3.63) is 24.2 Å². The zero-order valence-corrected chi connectivity index (χ0v) is 11.9. The van der Waals surface area contributed by atoms with Crippen molar-refractivity contribution in [1.29, 1.82) is 0 Å². The van der Waals surface area contributed by atoms with Crippen LogP contribution < -0.4 is 5.32 Å². The van der Waals surface area contributed by atoms with Crippen LogP contribution in [0, 0.1) is 5.92 Å². The van der Waals surface area contributed by atoms with E-state index >= 15 is 0 Å². The second-order valence-electron chi connectivity index (χ2n) is 5.92. The summed E-state index contributed by atoms with van der Waals surface area (Å²) >= 11 is 0. The number of hydrogen-bond donors (Lipinski definition) is 1. The molecule has 1 saturated heterocycles. The molecule has 2 unspecified atom stereocenters. The molecule has 4 heteroatoms. The molecule has 0 aromatic carbocycles. The molecular weight excluding hydrogens is 236 g/mol. The maximum atomic E-state index is 4.83. The van der Waals surface area contributed by atoms with Gasteiger partial charge in [-0.2, -0.15) is 0 Å². The molecule has 1 aliphatic heterocycles. The normalized spacial score (nSPS) is 24.2. The summed E-state index contributed by atoms with van der Waals surface area (Å²) in [5.74, 6) is 1.91. The summed E-state index contributed by atoms with van der Waals surface area (Å²) in [6, 6.07) is 4.76. The highest BCUT2D eigenvalue weighted by Gasteiger charge is 2.26. The fourth-order valence-corrected chi connectivity index (χ4v) is 3.01. The number of nitrogens with one attached hydrogen (secondary N) is 1. The number of fused-ring (bicyclic) bond motifs is 1. The molecular formula is C15H22N4. The van der Waals surface area contributed by atoms with Crippen molar-refractivity contribution < 1.29 is 0 Å². The Bertz CT molecular complexity index is 573. The van der Waals surface area contributed by atoms with Crippen molar-refractivity contribution in [2.45, 2.75) is 45.7 Å². The predicted octanol–water partition coefficient (Wildman–Crippen LogP) is 3.07. The zero-order chi connectivity index (χ0) is 13.4. The van der Waals surface area contributed by atoms with Crippen LogP contribution in [-0.4, -0.2) is 21.1 Å². The first-order chi connectivity index (χ1) is 9.16. The van der Waals surface area contributed by atoms with Gasteiger partial charge in [-0.05, 0) is 51.3 Å². The van der Waals surface area contributed by atoms with Gasteiger partial charge in [-0.25, -0.2) is 9.97 Å².